The molecule has 0 saturated heterocycles. The number of nitrogens with two attached hydrogens (primary N) is 1. The van der Waals surface area contributed by atoms with E-state index in [1.165, 1.54) is 23.5 Å². The van der Waals surface area contributed by atoms with Gasteiger partial charge in [0.05, 0.1) is 30.7 Å². The zero-order chi connectivity index (χ0) is 34.5. The molecule has 6 aromatic rings. The van der Waals surface area contributed by atoms with E-state index in [9.17, 15) is 9.59 Å². The molecule has 0 atom stereocenters. The van der Waals surface area contributed by atoms with Crippen LogP contribution in [0.3, 0.4) is 0 Å². The van der Waals surface area contributed by atoms with E-state index in [4.69, 9.17) is 10.5 Å². The summed E-state index contributed by atoms with van der Waals surface area (Å²) in [6, 6.07) is 7.57. The van der Waals surface area contributed by atoms with E-state index in [2.05, 4.69) is 39.9 Å². The molecule has 0 saturated carbocycles. The van der Waals surface area contributed by atoms with Crippen LogP contribution in [-0.2, 0) is 17.8 Å². The number of thioether (sulfide) groups is 2. The van der Waals surface area contributed by atoms with E-state index < -0.39 is 11.9 Å². The Kier molecular flexibility index (Phi) is 11.1. The van der Waals surface area contributed by atoms with Gasteiger partial charge in [-0.05, 0) is 59.8 Å². The molecule has 0 bridgehead atoms. The molecule has 0 radical (unpaired) electrons. The second kappa shape index (κ2) is 15.2. The van der Waals surface area contributed by atoms with Crippen LogP contribution in [0.25, 0.3) is 43.6 Å². The van der Waals surface area contributed by atoms with Gasteiger partial charge in [0.25, 0.3) is 5.91 Å². The first-order valence-electron chi connectivity index (χ1n) is 15.2. The number of likely N-dealkylation sites (N-methyl/N-ethyl adjacent to an activating group) is 2. The molecule has 4 heterocycles. The minimum atomic E-state index is -0.530. The summed E-state index contributed by atoms with van der Waals surface area (Å²) in [5, 5.41) is 13.7. The molecule has 4 aromatic heterocycles. The van der Waals surface area contributed by atoms with Crippen molar-refractivity contribution in [1.29, 1.82) is 0 Å². The summed E-state index contributed by atoms with van der Waals surface area (Å²) in [7, 11) is 7.99. The second-order valence-corrected chi connectivity index (χ2v) is 12.9. The molecule has 2 N–H and O–H groups in total. The summed E-state index contributed by atoms with van der Waals surface area (Å²) >= 11 is 2.96. The highest BCUT2D eigenvalue weighted by Gasteiger charge is 2.21. The van der Waals surface area contributed by atoms with Gasteiger partial charge >= 0.3 is 5.97 Å². The number of aromatic nitrogens is 8. The molecule has 0 unspecified atom stereocenters. The predicted molar refractivity (Wildman–Crippen MR) is 191 cm³/mol. The normalized spacial score (nSPS) is 11.6. The van der Waals surface area contributed by atoms with E-state index in [1.54, 1.807) is 19.3 Å². The number of carbonyl (C=O) groups excluding carboxylic acids is 2. The highest BCUT2D eigenvalue weighted by molar-refractivity contribution is 7.98. The minimum Gasteiger partial charge on any atom is -0.461 e. The van der Waals surface area contributed by atoms with E-state index in [0.717, 1.165) is 56.7 Å². The molecule has 48 heavy (non-hydrogen) atoms. The number of amides is 1. The molecular weight excluding hydrogens is 651 g/mol. The third kappa shape index (κ3) is 7.36. The van der Waals surface area contributed by atoms with Crippen LogP contribution in [0.5, 0.6) is 0 Å². The summed E-state index contributed by atoms with van der Waals surface area (Å²) < 4.78 is 8.83. The zero-order valence-electron chi connectivity index (χ0n) is 28.1. The fourth-order valence-corrected chi connectivity index (χ4v) is 5.81. The molecule has 0 spiro atoms. The Morgan fingerprint density at radius 3 is 1.65 bits per heavy atom. The number of ether oxygens (including phenoxy) is 1. The monoisotopic (exact) mass is 689 g/mol. The van der Waals surface area contributed by atoms with Gasteiger partial charge < -0.3 is 20.3 Å². The number of hydrogen-bond donors (Lipinski definition) is 1. The Morgan fingerprint density at radius 2 is 1.23 bits per heavy atom. The summed E-state index contributed by atoms with van der Waals surface area (Å²) in [4.78, 5) is 46.1. The van der Waals surface area contributed by atoms with E-state index in [1.807, 2.05) is 74.3 Å². The molecule has 14 nitrogen and oxygen atoms in total. The number of esters is 1. The lowest BCUT2D eigenvalue weighted by Crippen LogP contribution is -2.19. The van der Waals surface area contributed by atoms with Gasteiger partial charge in [-0.3, -0.25) is 14.2 Å². The number of nitrogens with zero attached hydrogens (tertiary/aromatic N) is 10. The number of rotatable bonds is 11. The second-order valence-electron chi connectivity index (χ2n) is 11.3. The molecule has 0 aliphatic heterocycles. The van der Waals surface area contributed by atoms with Gasteiger partial charge in [0.15, 0.2) is 21.7 Å². The maximum absolute atomic E-state index is 12.3. The van der Waals surface area contributed by atoms with E-state index >= 15 is 0 Å². The molecule has 6 rings (SSSR count). The van der Waals surface area contributed by atoms with Gasteiger partial charge in [-0.1, -0.05) is 35.7 Å². The molecule has 16 heteroatoms. The average Bonchev–Trinajstić information content (AvgIpc) is 3.65. The fourth-order valence-electron chi connectivity index (χ4n) is 5.13. The van der Waals surface area contributed by atoms with Crippen molar-refractivity contribution in [2.75, 3.05) is 60.4 Å². The molecule has 0 fully saturated rings. The van der Waals surface area contributed by atoms with Crippen LogP contribution < -0.4 is 5.73 Å². The Hall–Kier alpha value is -4.38. The average molecular weight is 690 g/mol. The summed E-state index contributed by atoms with van der Waals surface area (Å²) in [5.74, 6) is -0.938. The smallest absolute Gasteiger partial charge is 0.359 e. The number of hydrogen-bond acceptors (Lipinski definition) is 13. The summed E-state index contributed by atoms with van der Waals surface area (Å²) in [6.07, 6.45) is 7.47. The fraction of sp³-hybridized carbons (Fsp3) is 0.375. The van der Waals surface area contributed by atoms with Crippen molar-refractivity contribution in [3.05, 3.63) is 48.0 Å². The lowest BCUT2D eigenvalue weighted by molar-refractivity contribution is 0.0520. The molecule has 0 aliphatic carbocycles. The van der Waals surface area contributed by atoms with Gasteiger partial charge in [-0.2, -0.15) is 10.2 Å². The van der Waals surface area contributed by atoms with Crippen LogP contribution in [-0.4, -0.2) is 122 Å². The van der Waals surface area contributed by atoms with Gasteiger partial charge in [-0.25, -0.2) is 24.7 Å². The van der Waals surface area contributed by atoms with Crippen LogP contribution in [0.4, 0.5) is 0 Å². The van der Waals surface area contributed by atoms with E-state index in [0.29, 0.717) is 35.7 Å². The zero-order valence-corrected chi connectivity index (χ0v) is 29.7. The van der Waals surface area contributed by atoms with Gasteiger partial charge in [0.2, 0.25) is 0 Å². The lowest BCUT2D eigenvalue weighted by Gasteiger charge is -2.10. The highest BCUT2D eigenvalue weighted by atomic mass is 32.2. The van der Waals surface area contributed by atoms with Crippen molar-refractivity contribution in [2.24, 2.45) is 5.73 Å². The van der Waals surface area contributed by atoms with Crippen LogP contribution in [0, 0.1) is 0 Å². The standard InChI is InChI=1S/C17H21N5O2S.C15H18N6OS/c1-5-24-16(23)14-12-7-6-11-10-18-17(25-4)19-13(11)15(12)22(20-14)9-8-21(2)3;1-20(2)6-7-21-13-10(12(19-21)14(16)22)5-4-9-8-17-15(23-3)18-11(9)13/h6-7,10H,5,8-9H2,1-4H3;4-5,8H,6-7H2,1-3H3,(H2,16,22). The van der Waals surface area contributed by atoms with E-state index in [-0.39, 0.29) is 5.69 Å². The Bertz CT molecular complexity index is 2110. The van der Waals surface area contributed by atoms with Gasteiger partial charge in [-0.15, -0.1) is 0 Å². The maximum atomic E-state index is 12.3. The third-order valence-corrected chi connectivity index (χ3v) is 8.58. The SMILES string of the molecule is CCOC(=O)c1nn(CCN(C)C)c2c1ccc1cnc(SC)nc12.CSc1ncc2ccc3c(C(N)=O)nn(CCN(C)C)c3c2n1. The maximum Gasteiger partial charge on any atom is 0.359 e. The number of primary amides is 1. The first-order chi connectivity index (χ1) is 23.1. The van der Waals surface area contributed by atoms with Crippen LogP contribution in [0.2, 0.25) is 0 Å². The Morgan fingerprint density at radius 1 is 0.771 bits per heavy atom. The first-order valence-corrected chi connectivity index (χ1v) is 17.7. The van der Waals surface area contributed by atoms with Crippen molar-refractivity contribution in [2.45, 2.75) is 30.3 Å². The van der Waals surface area contributed by atoms with Crippen molar-refractivity contribution >= 4 is 79.0 Å². The third-order valence-electron chi connectivity index (χ3n) is 7.46. The van der Waals surface area contributed by atoms with Gasteiger partial charge in [0.1, 0.15) is 11.0 Å². The lowest BCUT2D eigenvalue weighted by atomic mass is 10.1. The summed E-state index contributed by atoms with van der Waals surface area (Å²) in [6.45, 7) is 5.00. The highest BCUT2D eigenvalue weighted by Crippen LogP contribution is 2.29. The van der Waals surface area contributed by atoms with Crippen molar-refractivity contribution < 1.29 is 14.3 Å². The van der Waals surface area contributed by atoms with Gasteiger partial charge in [0, 0.05) is 47.0 Å². The van der Waals surface area contributed by atoms with Crippen LogP contribution >= 0.6 is 23.5 Å². The quantitative estimate of drug-likeness (QED) is 0.119. The van der Waals surface area contributed by atoms with Crippen molar-refractivity contribution in [3.63, 3.8) is 0 Å². The van der Waals surface area contributed by atoms with Crippen molar-refractivity contribution in [1.82, 2.24) is 49.3 Å². The number of benzene rings is 2. The molecule has 1 amide bonds. The number of carbonyl (C=O) groups is 2. The summed E-state index contributed by atoms with van der Waals surface area (Å²) in [5.41, 5.74) is 9.38. The van der Waals surface area contributed by atoms with Crippen LogP contribution in [0.15, 0.2) is 47.0 Å². The Balaban J connectivity index is 0.000000188. The van der Waals surface area contributed by atoms with Crippen LogP contribution in [0.1, 0.15) is 27.9 Å². The topological polar surface area (TPSA) is 163 Å². The molecule has 0 aliphatic rings. The van der Waals surface area contributed by atoms with Crippen molar-refractivity contribution in [3.8, 4) is 0 Å². The molecule has 2 aromatic carbocycles. The Labute approximate surface area is 286 Å². The molecular formula is C32H39N11O3S2. The largest absolute Gasteiger partial charge is 0.461 e. The number of fused-ring (bicyclic) bond motifs is 6. The predicted octanol–water partition coefficient (Wildman–Crippen LogP) is 3.80. The molecule has 252 valence electrons. The first kappa shape index (κ1) is 34.9. The minimum absolute atomic E-state index is 0.282.